The topological polar surface area (TPSA) is 42.0 Å². The van der Waals surface area contributed by atoms with E-state index < -0.39 is 5.82 Å². The van der Waals surface area contributed by atoms with E-state index in [1.165, 1.54) is 12.1 Å². The predicted molar refractivity (Wildman–Crippen MR) is 68.0 cm³/mol. The lowest BCUT2D eigenvalue weighted by molar-refractivity contribution is -0.115. The summed E-state index contributed by atoms with van der Waals surface area (Å²) in [6, 6.07) is 7.39. The summed E-state index contributed by atoms with van der Waals surface area (Å²) < 4.78 is 12.8. The fourth-order valence-electron chi connectivity index (χ4n) is 1.47. The number of hydrogen-bond donors (Lipinski definition) is 1. The minimum atomic E-state index is -0.440. The van der Waals surface area contributed by atoms with Gasteiger partial charge < -0.3 is 5.32 Å². The van der Waals surface area contributed by atoms with E-state index in [2.05, 4.69) is 10.3 Å². The Kier molecular flexibility index (Phi) is 3.89. The molecule has 1 heterocycles. The van der Waals surface area contributed by atoms with Crippen molar-refractivity contribution < 1.29 is 9.18 Å². The fraction of sp³-hybridized carbons (Fsp3) is 0.0769. The molecule has 0 radical (unpaired) electrons. The first-order valence-corrected chi connectivity index (χ1v) is 5.67. The summed E-state index contributed by atoms with van der Waals surface area (Å²) in [6.45, 7) is 0. The van der Waals surface area contributed by atoms with Crippen molar-refractivity contribution in [1.82, 2.24) is 4.98 Å². The molecule has 18 heavy (non-hydrogen) atoms. The lowest BCUT2D eigenvalue weighted by Crippen LogP contribution is -2.14. The van der Waals surface area contributed by atoms with E-state index in [9.17, 15) is 9.18 Å². The van der Waals surface area contributed by atoms with Gasteiger partial charge in [0, 0.05) is 12.4 Å². The Morgan fingerprint density at radius 1 is 1.39 bits per heavy atom. The number of pyridine rings is 1. The first-order chi connectivity index (χ1) is 8.65. The predicted octanol–water partition coefficient (Wildman–Crippen LogP) is 3.06. The zero-order chi connectivity index (χ0) is 13.0. The molecular weight excluding hydrogens is 255 g/mol. The van der Waals surface area contributed by atoms with Gasteiger partial charge in [0.15, 0.2) is 0 Å². The fourth-order valence-corrected chi connectivity index (χ4v) is 1.69. The van der Waals surface area contributed by atoms with Gasteiger partial charge in [-0.1, -0.05) is 17.7 Å². The third kappa shape index (κ3) is 3.28. The third-order valence-corrected chi connectivity index (χ3v) is 2.61. The number of nitrogens with one attached hydrogen (secondary N) is 1. The molecule has 1 aromatic carbocycles. The van der Waals surface area contributed by atoms with Crippen LogP contribution in [0.25, 0.3) is 0 Å². The Morgan fingerprint density at radius 3 is 2.89 bits per heavy atom. The molecule has 1 aromatic heterocycles. The molecule has 0 aliphatic rings. The maximum absolute atomic E-state index is 12.8. The maximum atomic E-state index is 12.8. The lowest BCUT2D eigenvalue weighted by atomic mass is 10.2. The molecule has 0 saturated heterocycles. The van der Waals surface area contributed by atoms with Crippen LogP contribution >= 0.6 is 11.6 Å². The highest BCUT2D eigenvalue weighted by molar-refractivity contribution is 6.33. The van der Waals surface area contributed by atoms with Crippen LogP contribution in [0.15, 0.2) is 42.7 Å². The Morgan fingerprint density at radius 2 is 2.22 bits per heavy atom. The van der Waals surface area contributed by atoms with Crippen LogP contribution in [-0.4, -0.2) is 10.9 Å². The minimum absolute atomic E-state index is 0.175. The van der Waals surface area contributed by atoms with E-state index in [4.69, 9.17) is 11.6 Å². The van der Waals surface area contributed by atoms with Gasteiger partial charge in [-0.3, -0.25) is 9.78 Å². The molecule has 5 heteroatoms. The molecule has 0 aliphatic carbocycles. The molecule has 2 rings (SSSR count). The van der Waals surface area contributed by atoms with Gasteiger partial charge in [-0.2, -0.15) is 0 Å². The van der Waals surface area contributed by atoms with Gasteiger partial charge in [0.1, 0.15) is 5.82 Å². The number of aromatic nitrogens is 1. The highest BCUT2D eigenvalue weighted by Gasteiger charge is 2.07. The summed E-state index contributed by atoms with van der Waals surface area (Å²) >= 11 is 5.81. The third-order valence-electron chi connectivity index (χ3n) is 2.29. The number of carbonyl (C=O) groups excluding carboxylic acids is 1. The summed E-state index contributed by atoms with van der Waals surface area (Å²) in [5.74, 6) is -0.665. The quantitative estimate of drug-likeness (QED) is 0.926. The second-order valence-corrected chi connectivity index (χ2v) is 4.12. The number of rotatable bonds is 3. The van der Waals surface area contributed by atoms with Crippen molar-refractivity contribution in [2.45, 2.75) is 6.42 Å². The van der Waals surface area contributed by atoms with Gasteiger partial charge >= 0.3 is 0 Å². The number of carbonyl (C=O) groups is 1. The van der Waals surface area contributed by atoms with Crippen LogP contribution in [-0.2, 0) is 11.2 Å². The largest absolute Gasteiger partial charge is 0.324 e. The molecule has 0 unspecified atom stereocenters. The lowest BCUT2D eigenvalue weighted by Gasteiger charge is -2.07. The molecule has 1 amide bonds. The number of benzene rings is 1. The summed E-state index contributed by atoms with van der Waals surface area (Å²) in [6.07, 6.45) is 3.45. The number of anilines is 1. The molecule has 3 nitrogen and oxygen atoms in total. The highest BCUT2D eigenvalue weighted by Crippen LogP contribution is 2.22. The second kappa shape index (κ2) is 5.60. The van der Waals surface area contributed by atoms with Crippen LogP contribution in [0.5, 0.6) is 0 Å². The highest BCUT2D eigenvalue weighted by atomic mass is 35.5. The Bertz CT molecular complexity index is 560. The average Bonchev–Trinajstić information content (AvgIpc) is 2.34. The molecule has 1 N–H and O–H groups in total. The summed E-state index contributed by atoms with van der Waals surface area (Å²) in [4.78, 5) is 15.6. The zero-order valence-corrected chi connectivity index (χ0v) is 10.1. The monoisotopic (exact) mass is 264 g/mol. The van der Waals surface area contributed by atoms with Gasteiger partial charge in [-0.05, 0) is 29.8 Å². The van der Waals surface area contributed by atoms with Crippen LogP contribution in [0.1, 0.15) is 5.56 Å². The van der Waals surface area contributed by atoms with E-state index in [-0.39, 0.29) is 17.4 Å². The standard InChI is InChI=1S/C13H10ClFN2O/c14-11-7-10(15)3-4-12(11)17-13(18)6-9-2-1-5-16-8-9/h1-5,7-8H,6H2,(H,17,18). The molecule has 2 aromatic rings. The SMILES string of the molecule is O=C(Cc1cccnc1)Nc1ccc(F)cc1Cl. The Hall–Kier alpha value is -1.94. The average molecular weight is 265 g/mol. The van der Waals surface area contributed by atoms with Crippen molar-refractivity contribution in [3.8, 4) is 0 Å². The smallest absolute Gasteiger partial charge is 0.228 e. The van der Waals surface area contributed by atoms with Crippen molar-refractivity contribution in [3.05, 3.63) is 59.1 Å². The van der Waals surface area contributed by atoms with Crippen molar-refractivity contribution in [2.75, 3.05) is 5.32 Å². The van der Waals surface area contributed by atoms with Crippen LogP contribution in [0, 0.1) is 5.82 Å². The zero-order valence-electron chi connectivity index (χ0n) is 9.36. The van der Waals surface area contributed by atoms with Gasteiger partial charge in [0.25, 0.3) is 0 Å². The maximum Gasteiger partial charge on any atom is 0.228 e. The Balaban J connectivity index is 2.03. The van der Waals surface area contributed by atoms with Crippen LogP contribution in [0.2, 0.25) is 5.02 Å². The molecule has 0 atom stereocenters. The Labute approximate surface area is 109 Å². The van der Waals surface area contributed by atoms with E-state index in [0.717, 1.165) is 11.6 Å². The van der Waals surface area contributed by atoms with Crippen molar-refractivity contribution in [2.24, 2.45) is 0 Å². The van der Waals surface area contributed by atoms with Crippen LogP contribution in [0.3, 0.4) is 0 Å². The number of amides is 1. The van der Waals surface area contributed by atoms with E-state index >= 15 is 0 Å². The molecule has 0 saturated carbocycles. The van der Waals surface area contributed by atoms with Gasteiger partial charge in [-0.25, -0.2) is 4.39 Å². The molecule has 0 bridgehead atoms. The molecule has 0 aliphatic heterocycles. The molecule has 0 spiro atoms. The molecule has 92 valence electrons. The van der Waals surface area contributed by atoms with E-state index in [1.54, 1.807) is 24.5 Å². The minimum Gasteiger partial charge on any atom is -0.324 e. The number of halogens is 2. The van der Waals surface area contributed by atoms with Crippen LogP contribution in [0.4, 0.5) is 10.1 Å². The summed E-state index contributed by atoms with van der Waals surface area (Å²) in [7, 11) is 0. The number of hydrogen-bond acceptors (Lipinski definition) is 2. The van der Waals surface area contributed by atoms with Gasteiger partial charge in [0.2, 0.25) is 5.91 Å². The second-order valence-electron chi connectivity index (χ2n) is 3.71. The van der Waals surface area contributed by atoms with Crippen molar-refractivity contribution >= 4 is 23.2 Å². The summed E-state index contributed by atoms with van der Waals surface area (Å²) in [5, 5.41) is 2.80. The van der Waals surface area contributed by atoms with Gasteiger partial charge in [-0.15, -0.1) is 0 Å². The van der Waals surface area contributed by atoms with E-state index in [0.29, 0.717) is 5.69 Å². The normalized spacial score (nSPS) is 10.1. The van der Waals surface area contributed by atoms with E-state index in [1.807, 2.05) is 0 Å². The first-order valence-electron chi connectivity index (χ1n) is 5.29. The van der Waals surface area contributed by atoms with Crippen LogP contribution < -0.4 is 5.32 Å². The van der Waals surface area contributed by atoms with Gasteiger partial charge in [0.05, 0.1) is 17.1 Å². The summed E-state index contributed by atoms with van der Waals surface area (Å²) in [5.41, 5.74) is 1.19. The van der Waals surface area contributed by atoms with Crippen molar-refractivity contribution in [1.29, 1.82) is 0 Å². The molecular formula is C13H10ClFN2O. The first kappa shape index (κ1) is 12.5. The number of nitrogens with zero attached hydrogens (tertiary/aromatic N) is 1. The van der Waals surface area contributed by atoms with Crippen molar-refractivity contribution in [3.63, 3.8) is 0 Å². The molecule has 0 fully saturated rings.